The molecule has 0 radical (unpaired) electrons. The number of rotatable bonds is 4. The fourth-order valence-corrected chi connectivity index (χ4v) is 1.94. The normalized spacial score (nSPS) is 12.7. The van der Waals surface area contributed by atoms with Gasteiger partial charge in [-0.25, -0.2) is 9.82 Å². The third kappa shape index (κ3) is 2.25. The molecule has 0 fully saturated rings. The van der Waals surface area contributed by atoms with E-state index >= 15 is 0 Å². The molecule has 5 nitrogen and oxygen atoms in total. The Kier molecular flexibility index (Phi) is 3.69. The maximum atomic E-state index is 13.7. The first kappa shape index (κ1) is 12.7. The quantitative estimate of drug-likeness (QED) is 0.628. The molecule has 1 atom stereocenters. The van der Waals surface area contributed by atoms with Crippen molar-refractivity contribution in [2.75, 3.05) is 0 Å². The van der Waals surface area contributed by atoms with Crippen LogP contribution in [0.2, 0.25) is 0 Å². The van der Waals surface area contributed by atoms with Crippen LogP contribution in [0, 0.1) is 5.82 Å². The van der Waals surface area contributed by atoms with Crippen molar-refractivity contribution < 1.29 is 4.39 Å². The second-order valence-electron chi connectivity index (χ2n) is 4.03. The molecule has 0 aliphatic heterocycles. The van der Waals surface area contributed by atoms with Crippen LogP contribution in [-0.2, 0) is 13.5 Å². The van der Waals surface area contributed by atoms with E-state index in [4.69, 9.17) is 5.84 Å². The Bertz CT molecular complexity index is 537. The topological polar surface area (TPSA) is 68.8 Å². The number of nitrogens with zero attached hydrogens (tertiary/aromatic N) is 3. The first-order valence-corrected chi connectivity index (χ1v) is 5.75. The van der Waals surface area contributed by atoms with Crippen LogP contribution in [0.1, 0.15) is 29.9 Å². The van der Waals surface area contributed by atoms with Gasteiger partial charge in [0.15, 0.2) is 0 Å². The van der Waals surface area contributed by atoms with E-state index in [2.05, 4.69) is 15.5 Å². The summed E-state index contributed by atoms with van der Waals surface area (Å²) in [5.74, 6) is 5.16. The van der Waals surface area contributed by atoms with E-state index in [0.717, 1.165) is 17.8 Å². The lowest BCUT2D eigenvalue weighted by Gasteiger charge is -2.16. The van der Waals surface area contributed by atoms with E-state index in [1.165, 1.54) is 6.20 Å². The van der Waals surface area contributed by atoms with Gasteiger partial charge in [-0.1, -0.05) is 6.92 Å². The van der Waals surface area contributed by atoms with Crippen molar-refractivity contribution in [3.05, 3.63) is 47.3 Å². The molecule has 0 saturated heterocycles. The molecule has 0 aliphatic carbocycles. The monoisotopic (exact) mass is 249 g/mol. The molecular weight excluding hydrogens is 233 g/mol. The van der Waals surface area contributed by atoms with Crippen LogP contribution < -0.4 is 11.3 Å². The van der Waals surface area contributed by atoms with Gasteiger partial charge in [-0.05, 0) is 18.6 Å². The molecule has 0 aliphatic rings. The number of nitrogens with one attached hydrogen (secondary N) is 1. The van der Waals surface area contributed by atoms with Crippen molar-refractivity contribution in [2.45, 2.75) is 19.4 Å². The summed E-state index contributed by atoms with van der Waals surface area (Å²) in [4.78, 5) is 3.73. The Morgan fingerprint density at radius 1 is 1.56 bits per heavy atom. The van der Waals surface area contributed by atoms with Crippen molar-refractivity contribution in [1.29, 1.82) is 0 Å². The molecule has 1 unspecified atom stereocenters. The van der Waals surface area contributed by atoms with Crippen LogP contribution in [-0.4, -0.2) is 14.8 Å². The molecule has 2 aromatic heterocycles. The van der Waals surface area contributed by atoms with Crippen LogP contribution in [0.3, 0.4) is 0 Å². The SMILES string of the molecule is CCc1cc(C(NN)c2ccncc2F)n(C)n1. The van der Waals surface area contributed by atoms with E-state index in [9.17, 15) is 4.39 Å². The maximum Gasteiger partial charge on any atom is 0.146 e. The minimum absolute atomic E-state index is 0.389. The van der Waals surface area contributed by atoms with Gasteiger partial charge >= 0.3 is 0 Å². The van der Waals surface area contributed by atoms with Gasteiger partial charge in [-0.2, -0.15) is 5.10 Å². The van der Waals surface area contributed by atoms with Gasteiger partial charge in [0.2, 0.25) is 0 Å². The zero-order chi connectivity index (χ0) is 13.1. The molecule has 96 valence electrons. The van der Waals surface area contributed by atoms with E-state index in [0.29, 0.717) is 5.56 Å². The minimum atomic E-state index is -0.439. The predicted octanol–water partition coefficient (Wildman–Crippen LogP) is 1.07. The van der Waals surface area contributed by atoms with Gasteiger partial charge in [0.25, 0.3) is 0 Å². The van der Waals surface area contributed by atoms with Crippen molar-refractivity contribution in [2.24, 2.45) is 12.9 Å². The lowest BCUT2D eigenvalue weighted by atomic mass is 10.0. The van der Waals surface area contributed by atoms with Crippen molar-refractivity contribution in [1.82, 2.24) is 20.2 Å². The molecule has 0 saturated carbocycles. The molecule has 0 bridgehead atoms. The van der Waals surface area contributed by atoms with Gasteiger partial charge in [-0.3, -0.25) is 15.5 Å². The predicted molar refractivity (Wildman–Crippen MR) is 65.9 cm³/mol. The Hall–Kier alpha value is -1.79. The number of hydrazine groups is 1. The summed E-state index contributed by atoms with van der Waals surface area (Å²) in [7, 11) is 1.82. The highest BCUT2D eigenvalue weighted by Crippen LogP contribution is 2.23. The van der Waals surface area contributed by atoms with E-state index < -0.39 is 6.04 Å². The molecule has 2 heterocycles. The number of hydrogen-bond acceptors (Lipinski definition) is 4. The largest absolute Gasteiger partial charge is 0.271 e. The number of aromatic nitrogens is 3. The van der Waals surface area contributed by atoms with Gasteiger partial charge < -0.3 is 0 Å². The summed E-state index contributed by atoms with van der Waals surface area (Å²) < 4.78 is 15.5. The fourth-order valence-electron chi connectivity index (χ4n) is 1.94. The fraction of sp³-hybridized carbons (Fsp3) is 0.333. The molecule has 3 N–H and O–H groups in total. The number of pyridine rings is 1. The van der Waals surface area contributed by atoms with Gasteiger partial charge in [0, 0.05) is 18.8 Å². The first-order chi connectivity index (χ1) is 8.67. The average Bonchev–Trinajstić information content (AvgIpc) is 2.74. The van der Waals surface area contributed by atoms with Gasteiger partial charge in [-0.15, -0.1) is 0 Å². The first-order valence-electron chi connectivity index (χ1n) is 5.75. The summed E-state index contributed by atoms with van der Waals surface area (Å²) in [5.41, 5.74) is 4.85. The van der Waals surface area contributed by atoms with Crippen LogP contribution in [0.15, 0.2) is 24.5 Å². The maximum absolute atomic E-state index is 13.7. The van der Waals surface area contributed by atoms with Crippen LogP contribution in [0.4, 0.5) is 4.39 Å². The Balaban J connectivity index is 2.45. The van der Waals surface area contributed by atoms with Crippen LogP contribution in [0.5, 0.6) is 0 Å². The highest BCUT2D eigenvalue weighted by molar-refractivity contribution is 5.28. The van der Waals surface area contributed by atoms with E-state index in [1.807, 2.05) is 20.0 Å². The van der Waals surface area contributed by atoms with Crippen molar-refractivity contribution >= 4 is 0 Å². The third-order valence-electron chi connectivity index (χ3n) is 2.91. The summed E-state index contributed by atoms with van der Waals surface area (Å²) >= 11 is 0. The summed E-state index contributed by atoms with van der Waals surface area (Å²) in [6.07, 6.45) is 3.54. The lowest BCUT2D eigenvalue weighted by Crippen LogP contribution is -2.31. The van der Waals surface area contributed by atoms with E-state index in [1.54, 1.807) is 16.9 Å². The second-order valence-corrected chi connectivity index (χ2v) is 4.03. The Morgan fingerprint density at radius 2 is 2.33 bits per heavy atom. The highest BCUT2D eigenvalue weighted by Gasteiger charge is 2.20. The number of aryl methyl sites for hydroxylation is 2. The molecule has 18 heavy (non-hydrogen) atoms. The van der Waals surface area contributed by atoms with Gasteiger partial charge in [0.1, 0.15) is 5.82 Å². The molecule has 0 aromatic carbocycles. The molecule has 0 spiro atoms. The smallest absolute Gasteiger partial charge is 0.146 e. The van der Waals surface area contributed by atoms with Gasteiger partial charge in [0.05, 0.1) is 23.6 Å². The molecule has 6 heteroatoms. The Labute approximate surface area is 105 Å². The molecule has 2 aromatic rings. The van der Waals surface area contributed by atoms with Crippen molar-refractivity contribution in [3.8, 4) is 0 Å². The number of nitrogens with two attached hydrogens (primary N) is 1. The standard InChI is InChI=1S/C12H16FN5/c1-3-8-6-11(18(2)17-8)12(16-14)9-4-5-15-7-10(9)13/h4-7,12,16H,3,14H2,1-2H3. The number of halogens is 1. The third-order valence-corrected chi connectivity index (χ3v) is 2.91. The molecule has 0 amide bonds. The second kappa shape index (κ2) is 5.24. The van der Waals surface area contributed by atoms with Crippen LogP contribution >= 0.6 is 0 Å². The summed E-state index contributed by atoms with van der Waals surface area (Å²) in [6, 6.07) is 3.09. The lowest BCUT2D eigenvalue weighted by molar-refractivity contribution is 0.529. The number of hydrogen-bond donors (Lipinski definition) is 2. The zero-order valence-corrected chi connectivity index (χ0v) is 10.4. The molecular formula is C12H16FN5. The average molecular weight is 249 g/mol. The minimum Gasteiger partial charge on any atom is -0.271 e. The molecule has 2 rings (SSSR count). The Morgan fingerprint density at radius 3 is 2.89 bits per heavy atom. The highest BCUT2D eigenvalue weighted by atomic mass is 19.1. The van der Waals surface area contributed by atoms with E-state index in [-0.39, 0.29) is 5.82 Å². The summed E-state index contributed by atoms with van der Waals surface area (Å²) in [6.45, 7) is 2.02. The summed E-state index contributed by atoms with van der Waals surface area (Å²) in [5, 5.41) is 4.34. The van der Waals surface area contributed by atoms with Crippen molar-refractivity contribution in [3.63, 3.8) is 0 Å². The zero-order valence-electron chi connectivity index (χ0n) is 10.4. The van der Waals surface area contributed by atoms with Crippen LogP contribution in [0.25, 0.3) is 0 Å².